The van der Waals surface area contributed by atoms with Gasteiger partial charge in [-0.2, -0.15) is 0 Å². The SMILES string of the molecule is O=C(NNC(=S)NC(=O)C(c1ccccc1)c1ccccc1)c1sc2ccccc2c1Cl. The molecule has 0 atom stereocenters. The van der Waals surface area contributed by atoms with E-state index < -0.39 is 11.8 Å². The van der Waals surface area contributed by atoms with Crippen molar-refractivity contribution in [3.8, 4) is 0 Å². The van der Waals surface area contributed by atoms with Crippen LogP contribution >= 0.6 is 35.2 Å². The number of hydrazine groups is 1. The highest BCUT2D eigenvalue weighted by molar-refractivity contribution is 7.80. The van der Waals surface area contributed by atoms with Crippen molar-refractivity contribution in [2.45, 2.75) is 5.92 Å². The van der Waals surface area contributed by atoms with Crippen LogP contribution in [0, 0.1) is 0 Å². The number of fused-ring (bicyclic) bond motifs is 1. The van der Waals surface area contributed by atoms with E-state index in [1.54, 1.807) is 0 Å². The summed E-state index contributed by atoms with van der Waals surface area (Å²) in [6.07, 6.45) is 0. The van der Waals surface area contributed by atoms with Crippen molar-refractivity contribution in [1.82, 2.24) is 16.2 Å². The Morgan fingerprint density at radius 1 is 0.812 bits per heavy atom. The molecule has 8 heteroatoms. The minimum absolute atomic E-state index is 0.0163. The van der Waals surface area contributed by atoms with Gasteiger partial charge in [0.15, 0.2) is 5.11 Å². The van der Waals surface area contributed by atoms with Crippen LogP contribution in [0.3, 0.4) is 0 Å². The van der Waals surface area contributed by atoms with Crippen LogP contribution in [0.4, 0.5) is 0 Å². The number of carbonyl (C=O) groups excluding carboxylic acids is 2. The Kier molecular flexibility index (Phi) is 6.80. The van der Waals surface area contributed by atoms with Crippen LogP contribution in [-0.2, 0) is 4.79 Å². The highest BCUT2D eigenvalue weighted by atomic mass is 35.5. The Hall–Kier alpha value is -3.26. The average Bonchev–Trinajstić information content (AvgIpc) is 3.16. The summed E-state index contributed by atoms with van der Waals surface area (Å²) in [4.78, 5) is 26.0. The number of halogens is 1. The maximum Gasteiger partial charge on any atom is 0.281 e. The first-order chi connectivity index (χ1) is 15.5. The second-order valence-corrected chi connectivity index (χ2v) is 8.73. The third kappa shape index (κ3) is 4.80. The van der Waals surface area contributed by atoms with Crippen LogP contribution in [0.15, 0.2) is 84.9 Å². The molecule has 2 amide bonds. The van der Waals surface area contributed by atoms with Crippen LogP contribution in [0.1, 0.15) is 26.7 Å². The van der Waals surface area contributed by atoms with Gasteiger partial charge < -0.3 is 5.32 Å². The number of benzene rings is 3. The van der Waals surface area contributed by atoms with Gasteiger partial charge in [0, 0.05) is 10.1 Å². The molecule has 5 nitrogen and oxygen atoms in total. The Morgan fingerprint density at radius 3 is 1.97 bits per heavy atom. The van der Waals surface area contributed by atoms with Gasteiger partial charge in [0.1, 0.15) is 4.88 Å². The average molecular weight is 480 g/mol. The van der Waals surface area contributed by atoms with E-state index in [9.17, 15) is 9.59 Å². The van der Waals surface area contributed by atoms with Gasteiger partial charge in [-0.15, -0.1) is 11.3 Å². The molecular weight excluding hydrogens is 462 g/mol. The third-order valence-electron chi connectivity index (χ3n) is 4.80. The fraction of sp³-hybridized carbons (Fsp3) is 0.0417. The van der Waals surface area contributed by atoms with Crippen molar-refractivity contribution in [3.05, 3.63) is 106 Å². The molecule has 0 aliphatic heterocycles. The molecule has 0 unspecified atom stereocenters. The third-order valence-corrected chi connectivity index (χ3v) is 6.67. The lowest BCUT2D eigenvalue weighted by molar-refractivity contribution is -0.120. The van der Waals surface area contributed by atoms with Crippen LogP contribution in [0.2, 0.25) is 5.02 Å². The molecule has 0 fully saturated rings. The van der Waals surface area contributed by atoms with Gasteiger partial charge in [-0.1, -0.05) is 90.5 Å². The van der Waals surface area contributed by atoms with Gasteiger partial charge in [0.25, 0.3) is 5.91 Å². The fourth-order valence-electron chi connectivity index (χ4n) is 3.33. The van der Waals surface area contributed by atoms with Crippen LogP contribution in [0.25, 0.3) is 10.1 Å². The molecule has 0 aliphatic carbocycles. The number of thiocarbonyl (C=S) groups is 1. The largest absolute Gasteiger partial charge is 0.301 e. The lowest BCUT2D eigenvalue weighted by Crippen LogP contribution is -2.49. The van der Waals surface area contributed by atoms with Crippen molar-refractivity contribution < 1.29 is 9.59 Å². The number of carbonyl (C=O) groups is 2. The number of hydrogen-bond donors (Lipinski definition) is 3. The predicted octanol–water partition coefficient (Wildman–Crippen LogP) is 5.02. The highest BCUT2D eigenvalue weighted by Gasteiger charge is 2.23. The van der Waals surface area contributed by atoms with Crippen molar-refractivity contribution in [3.63, 3.8) is 0 Å². The Bertz CT molecular complexity index is 1240. The van der Waals surface area contributed by atoms with E-state index in [1.165, 1.54) is 11.3 Å². The van der Waals surface area contributed by atoms with Crippen molar-refractivity contribution in [1.29, 1.82) is 0 Å². The highest BCUT2D eigenvalue weighted by Crippen LogP contribution is 2.34. The Balaban J connectivity index is 1.43. The van der Waals surface area contributed by atoms with Crippen LogP contribution < -0.4 is 16.2 Å². The van der Waals surface area contributed by atoms with E-state index in [0.29, 0.717) is 9.90 Å². The normalized spacial score (nSPS) is 10.7. The summed E-state index contributed by atoms with van der Waals surface area (Å²) in [5, 5.41) is 3.84. The van der Waals surface area contributed by atoms with Gasteiger partial charge in [-0.05, 0) is 29.4 Å². The summed E-state index contributed by atoms with van der Waals surface area (Å²) >= 11 is 12.9. The zero-order chi connectivity index (χ0) is 22.5. The number of nitrogens with one attached hydrogen (secondary N) is 3. The minimum atomic E-state index is -0.551. The number of amides is 2. The van der Waals surface area contributed by atoms with Gasteiger partial charge in [0.2, 0.25) is 5.91 Å². The molecule has 0 aliphatic rings. The van der Waals surface area contributed by atoms with Gasteiger partial charge >= 0.3 is 0 Å². The zero-order valence-corrected chi connectivity index (χ0v) is 19.1. The maximum absolute atomic E-state index is 13.1. The minimum Gasteiger partial charge on any atom is -0.301 e. The molecule has 4 rings (SSSR count). The molecule has 32 heavy (non-hydrogen) atoms. The molecule has 0 bridgehead atoms. The smallest absolute Gasteiger partial charge is 0.281 e. The quantitative estimate of drug-likeness (QED) is 0.284. The summed E-state index contributed by atoms with van der Waals surface area (Å²) in [7, 11) is 0. The van der Waals surface area contributed by atoms with Crippen LogP contribution in [-0.4, -0.2) is 16.9 Å². The molecule has 0 saturated heterocycles. The molecule has 1 heterocycles. The molecule has 0 spiro atoms. The summed E-state index contributed by atoms with van der Waals surface area (Å²) in [6.45, 7) is 0. The maximum atomic E-state index is 13.1. The number of rotatable bonds is 4. The molecule has 3 aromatic carbocycles. The first-order valence-corrected chi connectivity index (χ1v) is 11.3. The van der Waals surface area contributed by atoms with Crippen molar-refractivity contribution >= 4 is 62.2 Å². The molecule has 0 saturated carbocycles. The summed E-state index contributed by atoms with van der Waals surface area (Å²) in [5.41, 5.74) is 6.76. The molecular formula is C24H18ClN3O2S2. The van der Waals surface area contributed by atoms with E-state index >= 15 is 0 Å². The Morgan fingerprint density at radius 2 is 1.38 bits per heavy atom. The molecule has 0 radical (unpaired) electrons. The molecule has 1 aromatic heterocycles. The van der Waals surface area contributed by atoms with Gasteiger partial charge in [-0.3, -0.25) is 20.4 Å². The van der Waals surface area contributed by atoms with Gasteiger partial charge in [-0.25, -0.2) is 0 Å². The summed E-state index contributed by atoms with van der Waals surface area (Å²) in [5.74, 6) is -1.30. The van der Waals surface area contributed by atoms with E-state index in [0.717, 1.165) is 21.2 Å². The number of hydrogen-bond acceptors (Lipinski definition) is 4. The van der Waals surface area contributed by atoms with E-state index in [-0.39, 0.29) is 11.0 Å². The van der Waals surface area contributed by atoms with Crippen LogP contribution in [0.5, 0.6) is 0 Å². The monoisotopic (exact) mass is 479 g/mol. The second kappa shape index (κ2) is 9.91. The molecule has 160 valence electrons. The molecule has 4 aromatic rings. The van der Waals surface area contributed by atoms with E-state index in [4.69, 9.17) is 23.8 Å². The van der Waals surface area contributed by atoms with Gasteiger partial charge in [0.05, 0.1) is 10.9 Å². The number of thiophene rings is 1. The molecule has 3 N–H and O–H groups in total. The Labute approximate surface area is 199 Å². The second-order valence-electron chi connectivity index (χ2n) is 6.89. The summed E-state index contributed by atoms with van der Waals surface area (Å²) < 4.78 is 0.909. The first kappa shape index (κ1) is 22.0. The fourth-order valence-corrected chi connectivity index (χ4v) is 4.90. The zero-order valence-electron chi connectivity index (χ0n) is 16.7. The topological polar surface area (TPSA) is 70.2 Å². The standard InChI is InChI=1S/C24H18ClN3O2S2/c25-20-17-13-7-8-14-18(17)32-21(20)23(30)27-28-24(31)26-22(29)19(15-9-3-1-4-10-15)16-11-5-2-6-12-16/h1-14,19H,(H,27,30)(H2,26,28,29,31). The van der Waals surface area contributed by atoms with E-state index in [2.05, 4.69) is 16.2 Å². The van der Waals surface area contributed by atoms with E-state index in [1.807, 2.05) is 84.9 Å². The van der Waals surface area contributed by atoms with Crippen molar-refractivity contribution in [2.75, 3.05) is 0 Å². The lowest BCUT2D eigenvalue weighted by atomic mass is 9.90. The lowest BCUT2D eigenvalue weighted by Gasteiger charge is -2.18. The summed E-state index contributed by atoms with van der Waals surface area (Å²) in [6, 6.07) is 26.4. The first-order valence-electron chi connectivity index (χ1n) is 9.72. The van der Waals surface area contributed by atoms with Crippen molar-refractivity contribution in [2.24, 2.45) is 0 Å². The predicted molar refractivity (Wildman–Crippen MR) is 133 cm³/mol.